The van der Waals surface area contributed by atoms with E-state index in [4.69, 9.17) is 13.9 Å². The number of carbonyl (C=O) groups excluding carboxylic acids is 1. The Kier molecular flexibility index (Phi) is 4.12. The first-order chi connectivity index (χ1) is 12.7. The molecule has 1 aromatic carbocycles. The molecular formula is C19H19N3O4. The lowest BCUT2D eigenvalue weighted by molar-refractivity contribution is -0.116. The lowest BCUT2D eigenvalue weighted by Gasteiger charge is -2.25. The summed E-state index contributed by atoms with van der Waals surface area (Å²) in [7, 11) is 3.22. The number of hydrogen-bond donors (Lipinski definition) is 1. The number of nitrogens with one attached hydrogen (secondary N) is 1. The summed E-state index contributed by atoms with van der Waals surface area (Å²) in [5.41, 5.74) is 1.89. The van der Waals surface area contributed by atoms with Gasteiger partial charge in [-0.1, -0.05) is 6.07 Å². The molecule has 7 heteroatoms. The largest absolute Gasteiger partial charge is 0.497 e. The van der Waals surface area contributed by atoms with Gasteiger partial charge in [0.2, 0.25) is 5.91 Å². The average molecular weight is 353 g/mol. The van der Waals surface area contributed by atoms with E-state index in [-0.39, 0.29) is 11.8 Å². The van der Waals surface area contributed by atoms with Gasteiger partial charge >= 0.3 is 0 Å². The van der Waals surface area contributed by atoms with E-state index in [1.807, 2.05) is 30.3 Å². The van der Waals surface area contributed by atoms with E-state index in [2.05, 4.69) is 10.4 Å². The Morgan fingerprint density at radius 1 is 1.27 bits per heavy atom. The topological polar surface area (TPSA) is 78.5 Å². The first kappa shape index (κ1) is 16.3. The lowest BCUT2D eigenvalue weighted by Crippen LogP contribution is -2.25. The van der Waals surface area contributed by atoms with E-state index in [1.165, 1.54) is 0 Å². The van der Waals surface area contributed by atoms with Gasteiger partial charge in [0.15, 0.2) is 0 Å². The number of rotatable bonds is 5. The van der Waals surface area contributed by atoms with E-state index in [9.17, 15) is 4.79 Å². The van der Waals surface area contributed by atoms with Crippen LogP contribution in [-0.4, -0.2) is 29.9 Å². The minimum atomic E-state index is -0.134. The number of methoxy groups -OCH3 is 2. The first-order valence-corrected chi connectivity index (χ1v) is 8.29. The Balaban J connectivity index is 1.74. The Morgan fingerprint density at radius 3 is 2.88 bits per heavy atom. The second kappa shape index (κ2) is 6.59. The summed E-state index contributed by atoms with van der Waals surface area (Å²) in [5.74, 6) is 2.68. The van der Waals surface area contributed by atoms with Gasteiger partial charge in [-0.15, -0.1) is 0 Å². The first-order valence-electron chi connectivity index (χ1n) is 8.29. The van der Waals surface area contributed by atoms with Crippen LogP contribution in [-0.2, 0) is 11.3 Å². The van der Waals surface area contributed by atoms with Crippen LogP contribution in [0.4, 0.5) is 5.82 Å². The highest BCUT2D eigenvalue weighted by Crippen LogP contribution is 2.41. The van der Waals surface area contributed by atoms with E-state index in [0.717, 1.165) is 16.9 Å². The van der Waals surface area contributed by atoms with Crippen molar-refractivity contribution in [3.05, 3.63) is 59.7 Å². The van der Waals surface area contributed by atoms with Crippen LogP contribution in [0.1, 0.15) is 29.2 Å². The Bertz CT molecular complexity index is 930. The molecule has 4 rings (SSSR count). The highest BCUT2D eigenvalue weighted by molar-refractivity contribution is 5.94. The highest BCUT2D eigenvalue weighted by atomic mass is 16.5. The van der Waals surface area contributed by atoms with Crippen molar-refractivity contribution in [3.63, 3.8) is 0 Å². The summed E-state index contributed by atoms with van der Waals surface area (Å²) >= 11 is 0. The summed E-state index contributed by atoms with van der Waals surface area (Å²) in [6.07, 6.45) is 3.75. The molecule has 3 heterocycles. The third kappa shape index (κ3) is 2.81. The van der Waals surface area contributed by atoms with Gasteiger partial charge in [0.25, 0.3) is 0 Å². The summed E-state index contributed by atoms with van der Waals surface area (Å²) < 4.78 is 17.9. The highest BCUT2D eigenvalue weighted by Gasteiger charge is 2.32. The molecule has 0 bridgehead atoms. The van der Waals surface area contributed by atoms with Gasteiger partial charge in [-0.2, -0.15) is 5.10 Å². The lowest BCUT2D eigenvalue weighted by atomic mass is 9.86. The van der Waals surface area contributed by atoms with Crippen molar-refractivity contribution in [3.8, 4) is 11.5 Å². The fourth-order valence-corrected chi connectivity index (χ4v) is 3.32. The molecule has 1 atom stereocenters. The molecule has 0 saturated heterocycles. The summed E-state index contributed by atoms with van der Waals surface area (Å²) in [6.45, 7) is 0.453. The zero-order valence-electron chi connectivity index (χ0n) is 14.6. The van der Waals surface area contributed by atoms with Crippen LogP contribution in [0.25, 0.3) is 0 Å². The SMILES string of the molecule is COc1ccc([C@@H]2CC(=O)Nc3c2cnn3Cc2ccco2)c(OC)c1. The third-order valence-electron chi connectivity index (χ3n) is 4.59. The molecule has 1 amide bonds. The van der Waals surface area contributed by atoms with Crippen molar-refractivity contribution in [2.75, 3.05) is 19.5 Å². The molecule has 1 aliphatic heterocycles. The molecule has 3 aromatic rings. The van der Waals surface area contributed by atoms with Crippen molar-refractivity contribution in [1.82, 2.24) is 9.78 Å². The molecule has 0 unspecified atom stereocenters. The number of hydrogen-bond acceptors (Lipinski definition) is 5. The number of nitrogens with zero attached hydrogens (tertiary/aromatic N) is 2. The number of fused-ring (bicyclic) bond motifs is 1. The number of amides is 1. The van der Waals surface area contributed by atoms with E-state index in [1.54, 1.807) is 31.4 Å². The fourth-order valence-electron chi connectivity index (χ4n) is 3.32. The van der Waals surface area contributed by atoms with Crippen LogP contribution >= 0.6 is 0 Å². The number of carbonyl (C=O) groups is 1. The van der Waals surface area contributed by atoms with Gasteiger partial charge in [0, 0.05) is 29.5 Å². The van der Waals surface area contributed by atoms with Crippen molar-refractivity contribution < 1.29 is 18.7 Å². The van der Waals surface area contributed by atoms with E-state index >= 15 is 0 Å². The molecule has 26 heavy (non-hydrogen) atoms. The number of anilines is 1. The number of benzene rings is 1. The zero-order valence-corrected chi connectivity index (χ0v) is 14.6. The van der Waals surface area contributed by atoms with Crippen LogP contribution in [0.5, 0.6) is 11.5 Å². The molecular weight excluding hydrogens is 334 g/mol. The molecule has 1 aliphatic rings. The quantitative estimate of drug-likeness (QED) is 0.763. The van der Waals surface area contributed by atoms with Gasteiger partial charge in [-0.05, 0) is 18.2 Å². The van der Waals surface area contributed by atoms with Gasteiger partial charge in [-0.25, -0.2) is 4.68 Å². The minimum Gasteiger partial charge on any atom is -0.497 e. The summed E-state index contributed by atoms with van der Waals surface area (Å²) in [4.78, 5) is 12.3. The predicted octanol–water partition coefficient (Wildman–Crippen LogP) is 3.02. The Labute approximate surface area is 150 Å². The third-order valence-corrected chi connectivity index (χ3v) is 4.59. The number of furan rings is 1. The zero-order chi connectivity index (χ0) is 18.1. The van der Waals surface area contributed by atoms with Crippen molar-refractivity contribution in [1.29, 1.82) is 0 Å². The Morgan fingerprint density at radius 2 is 2.15 bits per heavy atom. The van der Waals surface area contributed by atoms with E-state index in [0.29, 0.717) is 30.3 Å². The maximum Gasteiger partial charge on any atom is 0.226 e. The van der Waals surface area contributed by atoms with Crippen molar-refractivity contribution in [2.45, 2.75) is 18.9 Å². The summed E-state index contributed by atoms with van der Waals surface area (Å²) in [6, 6.07) is 9.35. The van der Waals surface area contributed by atoms with Crippen LogP contribution in [0.2, 0.25) is 0 Å². The molecule has 0 aliphatic carbocycles. The fraction of sp³-hybridized carbons (Fsp3) is 0.263. The molecule has 0 spiro atoms. The van der Waals surface area contributed by atoms with Crippen molar-refractivity contribution >= 4 is 11.7 Å². The van der Waals surface area contributed by atoms with Gasteiger partial charge < -0.3 is 19.2 Å². The monoisotopic (exact) mass is 353 g/mol. The van der Waals surface area contributed by atoms with Gasteiger partial charge in [0.1, 0.15) is 29.6 Å². The molecule has 2 aromatic heterocycles. The Hall–Kier alpha value is -3.22. The van der Waals surface area contributed by atoms with Crippen LogP contribution in [0, 0.1) is 0 Å². The molecule has 0 saturated carbocycles. The average Bonchev–Trinajstić information content (AvgIpc) is 3.31. The second-order valence-electron chi connectivity index (χ2n) is 6.10. The molecule has 134 valence electrons. The van der Waals surface area contributed by atoms with Crippen LogP contribution in [0.15, 0.2) is 47.2 Å². The molecule has 0 fully saturated rings. The molecule has 7 nitrogen and oxygen atoms in total. The smallest absolute Gasteiger partial charge is 0.226 e. The predicted molar refractivity (Wildman–Crippen MR) is 94.7 cm³/mol. The van der Waals surface area contributed by atoms with E-state index < -0.39 is 0 Å². The minimum absolute atomic E-state index is 0.0541. The maximum absolute atomic E-state index is 12.3. The summed E-state index contributed by atoms with van der Waals surface area (Å²) in [5, 5.41) is 7.38. The maximum atomic E-state index is 12.3. The standard InChI is InChI=1S/C19H19N3O4/c1-24-12-5-6-14(17(8-12)25-2)15-9-18(23)21-19-16(15)10-20-22(19)11-13-4-3-7-26-13/h3-8,10,15H,9,11H2,1-2H3,(H,21,23)/t15-/m0/s1. The number of aromatic nitrogens is 2. The van der Waals surface area contributed by atoms with Crippen LogP contribution in [0.3, 0.4) is 0 Å². The molecule has 0 radical (unpaired) electrons. The van der Waals surface area contributed by atoms with Crippen LogP contribution < -0.4 is 14.8 Å². The molecule has 1 N–H and O–H groups in total. The van der Waals surface area contributed by atoms with Gasteiger partial charge in [-0.3, -0.25) is 4.79 Å². The second-order valence-corrected chi connectivity index (χ2v) is 6.10. The van der Waals surface area contributed by atoms with Gasteiger partial charge in [0.05, 0.1) is 26.7 Å². The normalized spacial score (nSPS) is 16.1. The number of ether oxygens (including phenoxy) is 2. The van der Waals surface area contributed by atoms with Crippen molar-refractivity contribution in [2.24, 2.45) is 0 Å².